The number of aromatic nitrogens is 2. The van der Waals surface area contributed by atoms with Gasteiger partial charge in [0, 0.05) is 19.3 Å². The topological polar surface area (TPSA) is 95.5 Å². The van der Waals surface area contributed by atoms with Crippen molar-refractivity contribution in [3.05, 3.63) is 12.4 Å². The zero-order valence-corrected chi connectivity index (χ0v) is 9.85. The van der Waals surface area contributed by atoms with Crippen molar-refractivity contribution in [1.82, 2.24) is 14.5 Å². The number of carbonyl (C=O) groups excluding carboxylic acids is 1. The van der Waals surface area contributed by atoms with Crippen LogP contribution in [-0.2, 0) is 14.8 Å². The van der Waals surface area contributed by atoms with Crippen LogP contribution in [0.2, 0.25) is 0 Å². The van der Waals surface area contributed by atoms with E-state index < -0.39 is 10.0 Å². The average Bonchev–Trinajstić information content (AvgIpc) is 2.84. The Bertz CT molecular complexity index is 518. The lowest BCUT2D eigenvalue weighted by Gasteiger charge is -2.28. The van der Waals surface area contributed by atoms with Gasteiger partial charge in [-0.3, -0.25) is 5.10 Å². The molecule has 1 unspecified atom stereocenters. The summed E-state index contributed by atoms with van der Waals surface area (Å²) in [5, 5.41) is 6.09. The molecule has 0 aromatic carbocycles. The summed E-state index contributed by atoms with van der Waals surface area (Å²) >= 11 is 0. The van der Waals surface area contributed by atoms with Crippen LogP contribution in [0.25, 0.3) is 0 Å². The number of piperidine rings is 1. The zero-order chi connectivity index (χ0) is 12.3. The Labute approximate surface area is 98.6 Å². The Balaban J connectivity index is 2.20. The number of nitrogens with one attached hydrogen (secondary N) is 1. The lowest BCUT2D eigenvalue weighted by atomic mass is 10.1. The van der Waals surface area contributed by atoms with E-state index in [1.165, 1.54) is 22.8 Å². The van der Waals surface area contributed by atoms with Gasteiger partial charge in [0.15, 0.2) is 0 Å². The lowest BCUT2D eigenvalue weighted by Crippen LogP contribution is -2.41. The monoisotopic (exact) mass is 256 g/mol. The molecule has 1 aromatic heterocycles. The van der Waals surface area contributed by atoms with E-state index in [-0.39, 0.29) is 17.5 Å². The third-order valence-electron chi connectivity index (χ3n) is 2.71. The molecule has 2 rings (SSSR count). The van der Waals surface area contributed by atoms with Gasteiger partial charge in [-0.15, -0.1) is 0 Å². The summed E-state index contributed by atoms with van der Waals surface area (Å²) in [4.78, 5) is 13.9. The molecule has 0 bridgehead atoms. The smallest absolute Gasteiger partial charge is 0.246 e. The molecule has 1 atom stereocenters. The van der Waals surface area contributed by atoms with Crippen LogP contribution in [-0.4, -0.2) is 48.1 Å². The first-order chi connectivity index (χ1) is 8.14. The molecule has 1 fully saturated rings. The second kappa shape index (κ2) is 4.79. The van der Waals surface area contributed by atoms with Gasteiger partial charge in [-0.2, -0.15) is 9.40 Å². The number of hydrogen-bond acceptors (Lipinski definition) is 5. The maximum absolute atomic E-state index is 12.1. The Morgan fingerprint density at radius 1 is 1.59 bits per heavy atom. The Kier molecular flexibility index (Phi) is 3.37. The molecule has 1 N–H and O–H groups in total. The van der Waals surface area contributed by atoms with Gasteiger partial charge in [0.1, 0.15) is 4.90 Å². The minimum atomic E-state index is -3.52. The second-order valence-electron chi connectivity index (χ2n) is 3.81. The maximum Gasteiger partial charge on any atom is 0.246 e. The van der Waals surface area contributed by atoms with Crippen LogP contribution in [0.3, 0.4) is 0 Å². The van der Waals surface area contributed by atoms with E-state index in [1.807, 2.05) is 0 Å². The molecular formula is C9H12N4O3S. The summed E-state index contributed by atoms with van der Waals surface area (Å²) in [6, 6.07) is -0.289. The SMILES string of the molecule is O=C=NC1CCCN(S(=O)(=O)c2cn[nH]c2)C1. The fourth-order valence-electron chi connectivity index (χ4n) is 1.85. The number of sulfonamides is 1. The van der Waals surface area contributed by atoms with Crippen LogP contribution in [0.4, 0.5) is 0 Å². The second-order valence-corrected chi connectivity index (χ2v) is 5.75. The highest BCUT2D eigenvalue weighted by atomic mass is 32.2. The number of hydrogen-bond donors (Lipinski definition) is 1. The molecular weight excluding hydrogens is 244 g/mol. The van der Waals surface area contributed by atoms with Gasteiger partial charge < -0.3 is 0 Å². The Morgan fingerprint density at radius 3 is 3.06 bits per heavy atom. The Morgan fingerprint density at radius 2 is 2.41 bits per heavy atom. The molecule has 0 radical (unpaired) electrons. The van der Waals surface area contributed by atoms with Crippen molar-refractivity contribution in [2.24, 2.45) is 4.99 Å². The first-order valence-electron chi connectivity index (χ1n) is 5.20. The van der Waals surface area contributed by atoms with Gasteiger partial charge in [0.05, 0.1) is 12.2 Å². The minimum absolute atomic E-state index is 0.133. The third kappa shape index (κ3) is 2.44. The highest BCUT2D eigenvalue weighted by Crippen LogP contribution is 2.20. The number of nitrogens with zero attached hydrogens (tertiary/aromatic N) is 3. The van der Waals surface area contributed by atoms with Gasteiger partial charge in [0.2, 0.25) is 16.1 Å². The largest absolute Gasteiger partial charge is 0.284 e. The van der Waals surface area contributed by atoms with Crippen molar-refractivity contribution < 1.29 is 13.2 Å². The first kappa shape index (κ1) is 12.0. The maximum atomic E-state index is 12.1. The summed E-state index contributed by atoms with van der Waals surface area (Å²) < 4.78 is 25.6. The zero-order valence-electron chi connectivity index (χ0n) is 9.04. The van der Waals surface area contributed by atoms with E-state index >= 15 is 0 Å². The molecule has 0 spiro atoms. The standard InChI is InChI=1S/C9H12N4O3S/c14-7-10-8-2-1-3-13(6-8)17(15,16)9-4-11-12-5-9/h4-5,8H,1-3,6H2,(H,11,12). The lowest BCUT2D eigenvalue weighted by molar-refractivity contribution is 0.316. The predicted octanol–water partition coefficient (Wildman–Crippen LogP) is -0.101. The molecule has 1 aliphatic heterocycles. The van der Waals surface area contributed by atoms with Crippen molar-refractivity contribution in [3.8, 4) is 0 Å². The number of aliphatic imine (C=N–C) groups is 1. The predicted molar refractivity (Wildman–Crippen MR) is 58.5 cm³/mol. The summed E-state index contributed by atoms with van der Waals surface area (Å²) in [6.45, 7) is 0.668. The normalized spacial score (nSPS) is 22.0. The highest BCUT2D eigenvalue weighted by molar-refractivity contribution is 7.89. The number of rotatable bonds is 3. The molecule has 0 amide bonds. The quantitative estimate of drug-likeness (QED) is 0.603. The van der Waals surface area contributed by atoms with E-state index in [1.54, 1.807) is 0 Å². The van der Waals surface area contributed by atoms with Crippen molar-refractivity contribution >= 4 is 16.1 Å². The summed E-state index contributed by atoms with van der Waals surface area (Å²) in [5.74, 6) is 0. The highest BCUT2D eigenvalue weighted by Gasteiger charge is 2.30. The van der Waals surface area contributed by atoms with Crippen LogP contribution in [0.1, 0.15) is 12.8 Å². The molecule has 7 nitrogen and oxygen atoms in total. The van der Waals surface area contributed by atoms with Gasteiger partial charge in [-0.1, -0.05) is 0 Å². The van der Waals surface area contributed by atoms with Crippen LogP contribution >= 0.6 is 0 Å². The van der Waals surface area contributed by atoms with Gasteiger partial charge in [-0.25, -0.2) is 18.2 Å². The Hall–Kier alpha value is -1.50. The molecule has 0 aliphatic carbocycles. The van der Waals surface area contributed by atoms with Crippen molar-refractivity contribution in [3.63, 3.8) is 0 Å². The van der Waals surface area contributed by atoms with E-state index in [2.05, 4.69) is 15.2 Å². The molecule has 2 heterocycles. The number of aromatic amines is 1. The van der Waals surface area contributed by atoms with Crippen LogP contribution < -0.4 is 0 Å². The third-order valence-corrected chi connectivity index (χ3v) is 4.54. The van der Waals surface area contributed by atoms with Gasteiger partial charge >= 0.3 is 0 Å². The fraction of sp³-hybridized carbons (Fsp3) is 0.556. The summed E-state index contributed by atoms with van der Waals surface area (Å²) in [6.07, 6.45) is 5.48. The molecule has 17 heavy (non-hydrogen) atoms. The molecule has 0 saturated carbocycles. The van der Waals surface area contributed by atoms with E-state index in [4.69, 9.17) is 0 Å². The molecule has 1 aliphatic rings. The van der Waals surface area contributed by atoms with Crippen molar-refractivity contribution in [2.75, 3.05) is 13.1 Å². The molecule has 8 heteroatoms. The molecule has 1 aromatic rings. The minimum Gasteiger partial charge on any atom is -0.284 e. The average molecular weight is 256 g/mol. The van der Waals surface area contributed by atoms with E-state index in [9.17, 15) is 13.2 Å². The van der Waals surface area contributed by atoms with E-state index in [0.29, 0.717) is 19.4 Å². The molecule has 1 saturated heterocycles. The van der Waals surface area contributed by atoms with Crippen LogP contribution in [0, 0.1) is 0 Å². The van der Waals surface area contributed by atoms with Crippen molar-refractivity contribution in [1.29, 1.82) is 0 Å². The summed E-state index contributed by atoms with van der Waals surface area (Å²) in [7, 11) is -3.52. The first-order valence-corrected chi connectivity index (χ1v) is 6.64. The van der Waals surface area contributed by atoms with E-state index in [0.717, 1.165) is 0 Å². The fourth-order valence-corrected chi connectivity index (χ4v) is 3.27. The van der Waals surface area contributed by atoms with Crippen molar-refractivity contribution in [2.45, 2.75) is 23.8 Å². The van der Waals surface area contributed by atoms with Crippen LogP contribution in [0.5, 0.6) is 0 Å². The van der Waals surface area contributed by atoms with Crippen LogP contribution in [0.15, 0.2) is 22.3 Å². The number of H-pyrrole nitrogens is 1. The van der Waals surface area contributed by atoms with Gasteiger partial charge in [-0.05, 0) is 12.8 Å². The molecule has 92 valence electrons. The number of isocyanates is 1. The summed E-state index contributed by atoms with van der Waals surface area (Å²) in [5.41, 5.74) is 0. The van der Waals surface area contributed by atoms with Gasteiger partial charge in [0.25, 0.3) is 0 Å².